The lowest BCUT2D eigenvalue weighted by molar-refractivity contribution is 0.151. The first kappa shape index (κ1) is 11.8. The van der Waals surface area contributed by atoms with Gasteiger partial charge < -0.3 is 9.84 Å². The van der Waals surface area contributed by atoms with Gasteiger partial charge in [-0.15, -0.1) is 0 Å². The van der Waals surface area contributed by atoms with E-state index in [2.05, 4.69) is 4.98 Å². The molecular weight excluding hydrogens is 250 g/mol. The molecule has 0 bridgehead atoms. The van der Waals surface area contributed by atoms with E-state index in [1.165, 1.54) is 0 Å². The Hall–Kier alpha value is -1.32. The maximum absolute atomic E-state index is 9.97. The fourth-order valence-electron chi connectivity index (χ4n) is 2.12. The van der Waals surface area contributed by atoms with Crippen LogP contribution in [0.4, 0.5) is 0 Å². The second-order valence-corrected chi connectivity index (χ2v) is 5.24. The van der Waals surface area contributed by atoms with Gasteiger partial charge in [0.2, 0.25) is 5.88 Å². The van der Waals surface area contributed by atoms with Crippen LogP contribution in [0.3, 0.4) is 0 Å². The molecule has 0 spiro atoms. The van der Waals surface area contributed by atoms with Crippen LogP contribution < -0.4 is 4.74 Å². The van der Waals surface area contributed by atoms with E-state index >= 15 is 0 Å². The number of rotatable bonds is 3. The molecule has 1 saturated carbocycles. The molecule has 1 N–H and O–H groups in total. The Morgan fingerprint density at radius 2 is 2.11 bits per heavy atom. The Morgan fingerprint density at radius 1 is 1.33 bits per heavy atom. The van der Waals surface area contributed by atoms with Crippen LogP contribution in [0, 0.1) is 0 Å². The van der Waals surface area contributed by atoms with Crippen molar-refractivity contribution < 1.29 is 9.84 Å². The Balaban J connectivity index is 2.05. The number of fused-ring (bicyclic) bond motifs is 1. The number of ether oxygens (including phenoxy) is 1. The lowest BCUT2D eigenvalue weighted by Gasteiger charge is -2.11. The highest BCUT2D eigenvalue weighted by molar-refractivity contribution is 6.36. The first-order valence-electron chi connectivity index (χ1n) is 5.96. The van der Waals surface area contributed by atoms with E-state index < -0.39 is 5.60 Å². The highest BCUT2D eigenvalue weighted by atomic mass is 35.5. The van der Waals surface area contributed by atoms with E-state index in [1.54, 1.807) is 13.2 Å². The SMILES string of the molecule is COc1ccc2c(Cl)c(CC3(O)CC3)ccc2n1. The number of hydrogen-bond acceptors (Lipinski definition) is 3. The molecule has 94 valence electrons. The molecule has 0 unspecified atom stereocenters. The average Bonchev–Trinajstić information content (AvgIpc) is 3.10. The standard InChI is InChI=1S/C14H14ClNO2/c1-18-12-5-3-10-11(16-12)4-2-9(13(10)15)8-14(17)6-7-14/h2-5,17H,6-8H2,1H3. The summed E-state index contributed by atoms with van der Waals surface area (Å²) < 4.78 is 5.09. The maximum atomic E-state index is 9.97. The Labute approximate surface area is 110 Å². The molecule has 3 nitrogen and oxygen atoms in total. The van der Waals surface area contributed by atoms with Crippen molar-refractivity contribution in [3.05, 3.63) is 34.9 Å². The summed E-state index contributed by atoms with van der Waals surface area (Å²) in [7, 11) is 1.59. The van der Waals surface area contributed by atoms with E-state index in [4.69, 9.17) is 16.3 Å². The molecule has 1 fully saturated rings. The van der Waals surface area contributed by atoms with Gasteiger partial charge in [0.1, 0.15) is 0 Å². The van der Waals surface area contributed by atoms with Crippen LogP contribution >= 0.6 is 11.6 Å². The monoisotopic (exact) mass is 263 g/mol. The summed E-state index contributed by atoms with van der Waals surface area (Å²) in [6.07, 6.45) is 2.35. The molecule has 0 amide bonds. The molecule has 1 aromatic carbocycles. The fourth-order valence-corrected chi connectivity index (χ4v) is 2.41. The van der Waals surface area contributed by atoms with Crippen molar-refractivity contribution in [1.29, 1.82) is 0 Å². The lowest BCUT2D eigenvalue weighted by atomic mass is 10.0. The average molecular weight is 264 g/mol. The predicted octanol–water partition coefficient (Wildman–Crippen LogP) is 2.96. The highest BCUT2D eigenvalue weighted by Gasteiger charge is 2.40. The first-order chi connectivity index (χ1) is 8.61. The minimum atomic E-state index is -0.531. The van der Waals surface area contributed by atoms with E-state index in [-0.39, 0.29) is 0 Å². The molecule has 1 aliphatic carbocycles. The largest absolute Gasteiger partial charge is 0.481 e. The lowest BCUT2D eigenvalue weighted by Crippen LogP contribution is -2.11. The molecule has 4 heteroatoms. The summed E-state index contributed by atoms with van der Waals surface area (Å²) in [4.78, 5) is 4.34. The van der Waals surface area contributed by atoms with Gasteiger partial charge in [0.25, 0.3) is 0 Å². The van der Waals surface area contributed by atoms with E-state index in [0.29, 0.717) is 17.3 Å². The van der Waals surface area contributed by atoms with Crippen molar-refractivity contribution in [2.75, 3.05) is 7.11 Å². The third kappa shape index (κ3) is 2.04. The molecule has 0 aliphatic heterocycles. The van der Waals surface area contributed by atoms with Gasteiger partial charge in [-0.2, -0.15) is 0 Å². The second kappa shape index (κ2) is 4.11. The van der Waals surface area contributed by atoms with Crippen molar-refractivity contribution in [3.8, 4) is 5.88 Å². The van der Waals surface area contributed by atoms with Gasteiger partial charge in [0.15, 0.2) is 0 Å². The Morgan fingerprint density at radius 3 is 2.78 bits per heavy atom. The van der Waals surface area contributed by atoms with Crippen LogP contribution in [0.15, 0.2) is 24.3 Å². The van der Waals surface area contributed by atoms with E-state index in [0.717, 1.165) is 29.3 Å². The van der Waals surface area contributed by atoms with Gasteiger partial charge >= 0.3 is 0 Å². The van der Waals surface area contributed by atoms with Crippen molar-refractivity contribution >= 4 is 22.5 Å². The number of aromatic nitrogens is 1. The van der Waals surface area contributed by atoms with Crippen LogP contribution in [0.25, 0.3) is 10.9 Å². The van der Waals surface area contributed by atoms with Gasteiger partial charge in [-0.25, -0.2) is 4.98 Å². The normalized spacial score (nSPS) is 16.8. The minimum absolute atomic E-state index is 0.531. The van der Waals surface area contributed by atoms with Crippen LogP contribution in [0.5, 0.6) is 5.88 Å². The molecule has 0 radical (unpaired) electrons. The quantitative estimate of drug-likeness (QED) is 0.926. The molecule has 3 rings (SSSR count). The molecule has 2 aromatic rings. The summed E-state index contributed by atoms with van der Waals surface area (Å²) in [5, 5.41) is 11.6. The summed E-state index contributed by atoms with van der Waals surface area (Å²) in [5.74, 6) is 0.576. The first-order valence-corrected chi connectivity index (χ1v) is 6.34. The zero-order valence-electron chi connectivity index (χ0n) is 10.1. The number of methoxy groups -OCH3 is 1. The Kier molecular flexibility index (Phi) is 2.68. The zero-order valence-corrected chi connectivity index (χ0v) is 10.9. The van der Waals surface area contributed by atoms with Crippen LogP contribution in [-0.4, -0.2) is 22.8 Å². The minimum Gasteiger partial charge on any atom is -0.481 e. The van der Waals surface area contributed by atoms with Crippen molar-refractivity contribution in [2.45, 2.75) is 24.9 Å². The molecule has 1 heterocycles. The van der Waals surface area contributed by atoms with Crippen LogP contribution in [-0.2, 0) is 6.42 Å². The molecule has 1 aromatic heterocycles. The molecular formula is C14H14ClNO2. The molecule has 1 aliphatic rings. The third-order valence-corrected chi connectivity index (χ3v) is 3.86. The zero-order chi connectivity index (χ0) is 12.8. The maximum Gasteiger partial charge on any atom is 0.213 e. The highest BCUT2D eigenvalue weighted by Crippen LogP contribution is 2.40. The number of nitrogens with zero attached hydrogens (tertiary/aromatic N) is 1. The van der Waals surface area contributed by atoms with E-state index in [9.17, 15) is 5.11 Å². The van der Waals surface area contributed by atoms with E-state index in [1.807, 2.05) is 18.2 Å². The number of hydrogen-bond donors (Lipinski definition) is 1. The van der Waals surface area contributed by atoms with Crippen molar-refractivity contribution in [2.24, 2.45) is 0 Å². The summed E-state index contributed by atoms with van der Waals surface area (Å²) >= 11 is 6.38. The van der Waals surface area contributed by atoms with Crippen molar-refractivity contribution in [3.63, 3.8) is 0 Å². The van der Waals surface area contributed by atoms with Gasteiger partial charge in [0.05, 0.1) is 23.3 Å². The van der Waals surface area contributed by atoms with Crippen LogP contribution in [0.2, 0.25) is 5.02 Å². The van der Waals surface area contributed by atoms with Crippen molar-refractivity contribution in [1.82, 2.24) is 4.98 Å². The summed E-state index contributed by atoms with van der Waals surface area (Å²) in [6.45, 7) is 0. The number of halogens is 1. The second-order valence-electron chi connectivity index (χ2n) is 4.86. The Bertz CT molecular complexity index is 608. The van der Waals surface area contributed by atoms with Gasteiger partial charge in [0, 0.05) is 17.9 Å². The molecule has 0 atom stereocenters. The number of benzene rings is 1. The summed E-state index contributed by atoms with van der Waals surface area (Å²) in [5.41, 5.74) is 1.26. The smallest absolute Gasteiger partial charge is 0.213 e. The molecule has 0 saturated heterocycles. The predicted molar refractivity (Wildman–Crippen MR) is 71.2 cm³/mol. The van der Waals surface area contributed by atoms with Gasteiger partial charge in [-0.1, -0.05) is 17.7 Å². The fraction of sp³-hybridized carbons (Fsp3) is 0.357. The number of aliphatic hydroxyl groups is 1. The third-order valence-electron chi connectivity index (χ3n) is 3.42. The topological polar surface area (TPSA) is 42.4 Å². The van der Waals surface area contributed by atoms with Gasteiger partial charge in [-0.05, 0) is 30.5 Å². The number of pyridine rings is 1. The molecule has 18 heavy (non-hydrogen) atoms. The summed E-state index contributed by atoms with van der Waals surface area (Å²) in [6, 6.07) is 7.56. The van der Waals surface area contributed by atoms with Crippen LogP contribution in [0.1, 0.15) is 18.4 Å². The van der Waals surface area contributed by atoms with Gasteiger partial charge in [-0.3, -0.25) is 0 Å².